The van der Waals surface area contributed by atoms with Gasteiger partial charge < -0.3 is 15.4 Å². The zero-order valence-corrected chi connectivity index (χ0v) is 14.9. The van der Waals surface area contributed by atoms with E-state index in [9.17, 15) is 14.4 Å². The average Bonchev–Trinajstić information content (AvgIpc) is 2.61. The summed E-state index contributed by atoms with van der Waals surface area (Å²) in [6, 6.07) is 6.88. The number of amides is 2. The summed E-state index contributed by atoms with van der Waals surface area (Å²) in [4.78, 5) is 36.0. The summed E-state index contributed by atoms with van der Waals surface area (Å²) in [7, 11) is 0. The molecule has 2 N–H and O–H groups in total. The number of benzene rings is 1. The van der Waals surface area contributed by atoms with Gasteiger partial charge in [-0.25, -0.2) is 4.79 Å². The number of hydrogen-bond donors (Lipinski definition) is 2. The van der Waals surface area contributed by atoms with Crippen LogP contribution < -0.4 is 10.6 Å². The Labute approximate surface area is 146 Å². The third-order valence-corrected chi connectivity index (χ3v) is 4.02. The third-order valence-electron chi connectivity index (χ3n) is 2.94. The quantitative estimate of drug-likeness (QED) is 0.497. The molecule has 0 aliphatic carbocycles. The zero-order valence-electron chi connectivity index (χ0n) is 14.1. The first kappa shape index (κ1) is 20.0. The van der Waals surface area contributed by atoms with Crippen molar-refractivity contribution in [1.82, 2.24) is 10.6 Å². The van der Waals surface area contributed by atoms with Crippen LogP contribution in [0, 0.1) is 0 Å². The number of nitrogens with one attached hydrogen (secondary N) is 2. The van der Waals surface area contributed by atoms with E-state index in [1.165, 1.54) is 11.8 Å². The van der Waals surface area contributed by atoms with Gasteiger partial charge in [-0.15, -0.1) is 11.8 Å². The first-order valence-corrected chi connectivity index (χ1v) is 8.99. The van der Waals surface area contributed by atoms with E-state index in [0.717, 1.165) is 12.8 Å². The van der Waals surface area contributed by atoms with Crippen molar-refractivity contribution in [3.05, 3.63) is 29.8 Å². The lowest BCUT2D eigenvalue weighted by Gasteiger charge is -2.09. The lowest BCUT2D eigenvalue weighted by molar-refractivity contribution is -0.124. The van der Waals surface area contributed by atoms with Crippen molar-refractivity contribution < 1.29 is 19.1 Å². The molecule has 0 atom stereocenters. The Morgan fingerprint density at radius 1 is 1.00 bits per heavy atom. The Hall–Kier alpha value is -2.02. The molecule has 132 valence electrons. The van der Waals surface area contributed by atoms with Gasteiger partial charge in [0, 0.05) is 18.0 Å². The Bertz CT molecular complexity index is 563. The highest BCUT2D eigenvalue weighted by molar-refractivity contribution is 8.00. The molecule has 0 fully saturated rings. The van der Waals surface area contributed by atoms with E-state index in [-0.39, 0.29) is 24.2 Å². The van der Waals surface area contributed by atoms with Crippen LogP contribution in [-0.2, 0) is 14.3 Å². The second-order valence-corrected chi connectivity index (χ2v) is 6.08. The fraction of sp³-hybridized carbons (Fsp3) is 0.471. The summed E-state index contributed by atoms with van der Waals surface area (Å²) in [5.74, 6) is -0.752. The molecule has 0 unspecified atom stereocenters. The monoisotopic (exact) mass is 352 g/mol. The highest BCUT2D eigenvalue weighted by atomic mass is 32.2. The summed E-state index contributed by atoms with van der Waals surface area (Å²) in [6.07, 6.45) is 1.69. The summed E-state index contributed by atoms with van der Waals surface area (Å²) >= 11 is 1.27. The second kappa shape index (κ2) is 11.5. The highest BCUT2D eigenvalue weighted by Gasteiger charge is 2.15. The van der Waals surface area contributed by atoms with Crippen molar-refractivity contribution in [1.29, 1.82) is 0 Å². The minimum Gasteiger partial charge on any atom is -0.452 e. The van der Waals surface area contributed by atoms with Crippen LogP contribution in [0.4, 0.5) is 0 Å². The predicted octanol–water partition coefficient (Wildman–Crippen LogP) is 1.99. The van der Waals surface area contributed by atoms with Crippen LogP contribution in [0.15, 0.2) is 29.2 Å². The molecule has 0 aliphatic heterocycles. The molecule has 0 bridgehead atoms. The Balaban J connectivity index is 2.56. The SMILES string of the molecule is CCCNC(=O)COC(=O)c1ccccc1SCC(=O)NCCC. The number of hydrogen-bond acceptors (Lipinski definition) is 5. The molecule has 6 nitrogen and oxygen atoms in total. The number of rotatable bonds is 10. The first-order valence-electron chi connectivity index (χ1n) is 8.00. The van der Waals surface area contributed by atoms with Crippen LogP contribution in [0.1, 0.15) is 37.0 Å². The van der Waals surface area contributed by atoms with E-state index < -0.39 is 5.97 Å². The number of carbonyl (C=O) groups excluding carboxylic acids is 3. The molecule has 1 aromatic rings. The van der Waals surface area contributed by atoms with Crippen molar-refractivity contribution in [2.45, 2.75) is 31.6 Å². The van der Waals surface area contributed by atoms with Crippen LogP contribution in [-0.4, -0.2) is 43.2 Å². The summed E-state index contributed by atoms with van der Waals surface area (Å²) < 4.78 is 5.03. The topological polar surface area (TPSA) is 84.5 Å². The van der Waals surface area contributed by atoms with Crippen LogP contribution in [0.5, 0.6) is 0 Å². The maximum absolute atomic E-state index is 12.1. The molecule has 0 radical (unpaired) electrons. The van der Waals surface area contributed by atoms with Crippen molar-refractivity contribution in [2.24, 2.45) is 0 Å². The van der Waals surface area contributed by atoms with Crippen LogP contribution in [0.2, 0.25) is 0 Å². The molecule has 0 spiro atoms. The van der Waals surface area contributed by atoms with Gasteiger partial charge in [0.2, 0.25) is 5.91 Å². The predicted molar refractivity (Wildman–Crippen MR) is 94.0 cm³/mol. The minimum atomic E-state index is -0.571. The molecule has 0 aliphatic rings. The largest absolute Gasteiger partial charge is 0.452 e. The van der Waals surface area contributed by atoms with E-state index in [0.29, 0.717) is 23.5 Å². The number of ether oxygens (including phenoxy) is 1. The molecule has 0 saturated carbocycles. The summed E-state index contributed by atoms with van der Waals surface area (Å²) in [5, 5.41) is 5.42. The first-order chi connectivity index (χ1) is 11.6. The standard InChI is InChI=1S/C17H24N2O4S/c1-3-9-18-15(20)11-23-17(22)13-7-5-6-8-14(13)24-12-16(21)19-10-4-2/h5-8H,3-4,9-12H2,1-2H3,(H,18,20)(H,19,21). The van der Waals surface area contributed by atoms with Gasteiger partial charge in [0.05, 0.1) is 11.3 Å². The third kappa shape index (κ3) is 7.50. The summed E-state index contributed by atoms with van der Waals surface area (Å²) in [5.41, 5.74) is 0.356. The van der Waals surface area contributed by atoms with E-state index >= 15 is 0 Å². The highest BCUT2D eigenvalue weighted by Crippen LogP contribution is 2.23. The number of esters is 1. The van der Waals surface area contributed by atoms with Gasteiger partial charge in [-0.3, -0.25) is 9.59 Å². The molecule has 0 aromatic heterocycles. The minimum absolute atomic E-state index is 0.0797. The number of carbonyl (C=O) groups is 3. The smallest absolute Gasteiger partial charge is 0.339 e. The zero-order chi connectivity index (χ0) is 17.8. The van der Waals surface area contributed by atoms with Crippen LogP contribution in [0.25, 0.3) is 0 Å². The maximum atomic E-state index is 12.1. The van der Waals surface area contributed by atoms with Gasteiger partial charge in [-0.1, -0.05) is 26.0 Å². The molecule has 24 heavy (non-hydrogen) atoms. The lowest BCUT2D eigenvalue weighted by atomic mass is 10.2. The van der Waals surface area contributed by atoms with Gasteiger partial charge >= 0.3 is 5.97 Å². The molecule has 2 amide bonds. The van der Waals surface area contributed by atoms with Gasteiger partial charge in [-0.2, -0.15) is 0 Å². The molecule has 7 heteroatoms. The second-order valence-electron chi connectivity index (χ2n) is 5.06. The average molecular weight is 352 g/mol. The maximum Gasteiger partial charge on any atom is 0.339 e. The van der Waals surface area contributed by atoms with E-state index in [1.807, 2.05) is 13.8 Å². The lowest BCUT2D eigenvalue weighted by Crippen LogP contribution is -2.29. The molecule has 1 aromatic carbocycles. The van der Waals surface area contributed by atoms with Crippen molar-refractivity contribution in [2.75, 3.05) is 25.4 Å². The van der Waals surface area contributed by atoms with Crippen molar-refractivity contribution in [3.8, 4) is 0 Å². The van der Waals surface area contributed by atoms with Gasteiger partial charge in [0.15, 0.2) is 6.61 Å². The normalized spacial score (nSPS) is 10.1. The van der Waals surface area contributed by atoms with Crippen LogP contribution in [0.3, 0.4) is 0 Å². The Kier molecular flexibility index (Phi) is 9.60. The molecule has 0 heterocycles. The van der Waals surface area contributed by atoms with E-state index in [4.69, 9.17) is 4.74 Å². The van der Waals surface area contributed by atoms with Crippen LogP contribution >= 0.6 is 11.8 Å². The molecule has 0 saturated heterocycles. The Morgan fingerprint density at radius 3 is 2.29 bits per heavy atom. The van der Waals surface area contributed by atoms with E-state index in [2.05, 4.69) is 10.6 Å². The number of thioether (sulfide) groups is 1. The van der Waals surface area contributed by atoms with Gasteiger partial charge in [0.1, 0.15) is 0 Å². The van der Waals surface area contributed by atoms with Crippen molar-refractivity contribution >= 4 is 29.5 Å². The Morgan fingerprint density at radius 2 is 1.62 bits per heavy atom. The van der Waals surface area contributed by atoms with Gasteiger partial charge in [0.25, 0.3) is 5.91 Å². The summed E-state index contributed by atoms with van der Waals surface area (Å²) in [6.45, 7) is 4.80. The van der Waals surface area contributed by atoms with Gasteiger partial charge in [-0.05, 0) is 25.0 Å². The molecule has 1 rings (SSSR count). The fourth-order valence-electron chi connectivity index (χ4n) is 1.74. The fourth-order valence-corrected chi connectivity index (χ4v) is 2.61. The molecular formula is C17H24N2O4S. The van der Waals surface area contributed by atoms with E-state index in [1.54, 1.807) is 24.3 Å². The molecular weight excluding hydrogens is 328 g/mol. The van der Waals surface area contributed by atoms with Crippen molar-refractivity contribution in [3.63, 3.8) is 0 Å².